The van der Waals surface area contributed by atoms with Gasteiger partial charge in [0, 0.05) is 28.2 Å². The fourth-order valence-corrected chi connectivity index (χ4v) is 1.71. The summed E-state index contributed by atoms with van der Waals surface area (Å²) in [7, 11) is 0. The summed E-state index contributed by atoms with van der Waals surface area (Å²) in [6, 6.07) is 18.7. The van der Waals surface area contributed by atoms with E-state index in [4.69, 9.17) is 0 Å². The number of Topliss-reactive ketones (excluding diaryl/α,β-unsaturated/α-hetero) is 1. The molecule has 3 heteroatoms. The summed E-state index contributed by atoms with van der Waals surface area (Å²) >= 11 is 0. The average Bonchev–Trinajstić information content (AvgIpc) is 3.21. The SMILES string of the molecule is O=C(C(O)=C1C=CC=C1)c1ccccc1.[Fe].c1cc[cH-]c1. The first kappa shape index (κ1) is 16.8. The molecule has 0 amide bonds. The van der Waals surface area contributed by atoms with Crippen LogP contribution in [0.2, 0.25) is 0 Å². The third-order valence-corrected chi connectivity index (χ3v) is 2.74. The molecule has 21 heavy (non-hydrogen) atoms. The third kappa shape index (κ3) is 4.99. The zero-order valence-electron chi connectivity index (χ0n) is 11.3. The molecule has 1 N–H and O–H groups in total. The van der Waals surface area contributed by atoms with Crippen LogP contribution in [-0.2, 0) is 17.1 Å². The zero-order chi connectivity index (χ0) is 14.2. The van der Waals surface area contributed by atoms with E-state index in [0.717, 1.165) is 0 Å². The van der Waals surface area contributed by atoms with Crippen molar-refractivity contribution in [2.24, 2.45) is 0 Å². The maximum atomic E-state index is 11.8. The van der Waals surface area contributed by atoms with Gasteiger partial charge >= 0.3 is 0 Å². The Hall–Kier alpha value is -2.22. The number of aliphatic hydroxyl groups is 1. The number of carbonyl (C=O) groups is 1. The van der Waals surface area contributed by atoms with Gasteiger partial charge in [-0.15, -0.1) is 0 Å². The summed E-state index contributed by atoms with van der Waals surface area (Å²) in [5, 5.41) is 9.70. The van der Waals surface area contributed by atoms with Crippen LogP contribution in [0.5, 0.6) is 0 Å². The van der Waals surface area contributed by atoms with E-state index in [0.29, 0.717) is 11.1 Å². The Morgan fingerprint density at radius 1 is 0.905 bits per heavy atom. The second kappa shape index (κ2) is 8.85. The molecular formula is C18H15FeO2-. The predicted molar refractivity (Wildman–Crippen MR) is 80.7 cm³/mol. The van der Waals surface area contributed by atoms with Crippen molar-refractivity contribution in [3.8, 4) is 0 Å². The normalized spacial score (nSPS) is 11.3. The number of allylic oxidation sites excluding steroid dienone is 6. The molecule has 0 saturated heterocycles. The first-order valence-electron chi connectivity index (χ1n) is 6.33. The van der Waals surface area contributed by atoms with Gasteiger partial charge in [-0.3, -0.25) is 4.79 Å². The van der Waals surface area contributed by atoms with Crippen molar-refractivity contribution in [3.05, 3.63) is 102 Å². The minimum Gasteiger partial charge on any atom is -0.504 e. The van der Waals surface area contributed by atoms with Crippen molar-refractivity contribution < 1.29 is 27.0 Å². The van der Waals surface area contributed by atoms with Gasteiger partial charge in [0.15, 0.2) is 5.76 Å². The first-order valence-corrected chi connectivity index (χ1v) is 6.33. The standard InChI is InChI=1S/C13H10O2.C5H5.Fe/c14-12(10-6-2-1-3-7-10)13(15)11-8-4-5-9-11;1-2-4-5-3-1;/h1-9,15H;1-5H;/q;-1;. The molecule has 0 atom stereocenters. The smallest absolute Gasteiger partial charge is 0.227 e. The molecule has 2 aromatic carbocycles. The quantitative estimate of drug-likeness (QED) is 0.296. The van der Waals surface area contributed by atoms with Gasteiger partial charge in [-0.25, -0.2) is 12.1 Å². The summed E-state index contributed by atoms with van der Waals surface area (Å²) in [6.07, 6.45) is 6.97. The van der Waals surface area contributed by atoms with Gasteiger partial charge in [0.2, 0.25) is 5.78 Å². The van der Waals surface area contributed by atoms with E-state index in [1.807, 2.05) is 36.4 Å². The predicted octanol–water partition coefficient (Wildman–Crippen LogP) is 4.21. The minimum atomic E-state index is -0.346. The van der Waals surface area contributed by atoms with Crippen LogP contribution in [0, 0.1) is 0 Å². The zero-order valence-corrected chi connectivity index (χ0v) is 12.4. The molecule has 0 fully saturated rings. The molecule has 0 aliphatic heterocycles. The third-order valence-electron chi connectivity index (χ3n) is 2.74. The first-order chi connectivity index (χ1) is 9.79. The van der Waals surface area contributed by atoms with Gasteiger partial charge in [-0.05, 0) is 0 Å². The molecular weight excluding hydrogens is 304 g/mol. The molecule has 108 valence electrons. The minimum absolute atomic E-state index is 0. The number of aliphatic hydroxyl groups excluding tert-OH is 1. The van der Waals surface area contributed by atoms with Gasteiger partial charge in [0.25, 0.3) is 0 Å². The molecule has 0 spiro atoms. The van der Waals surface area contributed by atoms with Gasteiger partial charge in [0.05, 0.1) is 0 Å². The summed E-state index contributed by atoms with van der Waals surface area (Å²) in [5.41, 5.74) is 1.06. The van der Waals surface area contributed by atoms with Crippen LogP contribution in [0.25, 0.3) is 0 Å². The van der Waals surface area contributed by atoms with E-state index in [2.05, 4.69) is 0 Å². The number of carbonyl (C=O) groups excluding carboxylic acids is 1. The molecule has 2 nitrogen and oxygen atoms in total. The van der Waals surface area contributed by atoms with Crippen LogP contribution in [-0.4, -0.2) is 10.9 Å². The van der Waals surface area contributed by atoms with Crippen LogP contribution >= 0.6 is 0 Å². The molecule has 3 rings (SSSR count). The van der Waals surface area contributed by atoms with Crippen molar-refractivity contribution in [2.75, 3.05) is 0 Å². The number of hydrogen-bond acceptors (Lipinski definition) is 2. The Bertz CT molecular complexity index is 604. The van der Waals surface area contributed by atoms with Gasteiger partial charge < -0.3 is 5.11 Å². The number of benzene rings is 1. The molecule has 1 aliphatic rings. The number of hydrogen-bond donors (Lipinski definition) is 1. The van der Waals surface area contributed by atoms with E-state index in [1.165, 1.54) is 0 Å². The molecule has 0 bridgehead atoms. The molecule has 1 aliphatic carbocycles. The second-order valence-corrected chi connectivity index (χ2v) is 4.18. The van der Waals surface area contributed by atoms with E-state index in [-0.39, 0.29) is 28.6 Å². The van der Waals surface area contributed by atoms with Gasteiger partial charge in [-0.1, -0.05) is 54.6 Å². The summed E-state index contributed by atoms with van der Waals surface area (Å²) < 4.78 is 0. The van der Waals surface area contributed by atoms with E-state index in [9.17, 15) is 9.90 Å². The van der Waals surface area contributed by atoms with E-state index < -0.39 is 0 Å². The summed E-state index contributed by atoms with van der Waals surface area (Å²) in [6.45, 7) is 0. The summed E-state index contributed by atoms with van der Waals surface area (Å²) in [5.74, 6) is -0.548. The monoisotopic (exact) mass is 319 g/mol. The Morgan fingerprint density at radius 3 is 1.95 bits per heavy atom. The maximum absolute atomic E-state index is 11.8. The number of ketones is 1. The molecule has 0 saturated carbocycles. The molecule has 0 aromatic heterocycles. The van der Waals surface area contributed by atoms with Crippen LogP contribution < -0.4 is 0 Å². The van der Waals surface area contributed by atoms with E-state index in [1.54, 1.807) is 48.6 Å². The fourth-order valence-electron chi connectivity index (χ4n) is 1.71. The average molecular weight is 319 g/mol. The van der Waals surface area contributed by atoms with Crippen LogP contribution in [0.4, 0.5) is 0 Å². The van der Waals surface area contributed by atoms with Gasteiger partial charge in [0.1, 0.15) is 0 Å². The van der Waals surface area contributed by atoms with Crippen molar-refractivity contribution in [1.82, 2.24) is 0 Å². The summed E-state index contributed by atoms with van der Waals surface area (Å²) in [4.78, 5) is 11.8. The van der Waals surface area contributed by atoms with Crippen LogP contribution in [0.3, 0.4) is 0 Å². The largest absolute Gasteiger partial charge is 0.504 e. The second-order valence-electron chi connectivity index (χ2n) is 4.18. The maximum Gasteiger partial charge on any atom is 0.227 e. The van der Waals surface area contributed by atoms with Crippen molar-refractivity contribution in [2.45, 2.75) is 0 Å². The molecule has 0 heterocycles. The Kier molecular flexibility index (Phi) is 7.10. The van der Waals surface area contributed by atoms with Gasteiger partial charge in [-0.2, -0.15) is 18.2 Å². The van der Waals surface area contributed by atoms with Crippen molar-refractivity contribution in [1.29, 1.82) is 0 Å². The molecule has 2 aromatic rings. The topological polar surface area (TPSA) is 37.3 Å². The molecule has 0 radical (unpaired) electrons. The van der Waals surface area contributed by atoms with Crippen LogP contribution in [0.1, 0.15) is 10.4 Å². The van der Waals surface area contributed by atoms with Crippen molar-refractivity contribution >= 4 is 5.78 Å². The number of rotatable bonds is 2. The Balaban J connectivity index is 0.000000313. The van der Waals surface area contributed by atoms with Crippen LogP contribution in [0.15, 0.2) is 96.3 Å². The Labute approximate surface area is 135 Å². The molecule has 0 unspecified atom stereocenters. The fraction of sp³-hybridized carbons (Fsp3) is 0. The van der Waals surface area contributed by atoms with E-state index >= 15 is 0 Å². The Morgan fingerprint density at radius 2 is 1.48 bits per heavy atom. The van der Waals surface area contributed by atoms with Crippen molar-refractivity contribution in [3.63, 3.8) is 0 Å².